The first kappa shape index (κ1) is 19.3. The van der Waals surface area contributed by atoms with Crippen molar-refractivity contribution in [3.05, 3.63) is 60.3 Å². The number of carbonyl (C=O) groups is 1. The molecule has 1 aromatic carbocycles. The SMILES string of the molecule is C=CC(=O)NCC1CN(c2ccc(C(F)(F)F)cc2)c2ccc(C3CC3)nc2O1. The third kappa shape index (κ3) is 4.21. The third-order valence-corrected chi connectivity index (χ3v) is 5.01. The molecule has 2 heterocycles. The van der Waals surface area contributed by atoms with Crippen LogP contribution in [0.2, 0.25) is 0 Å². The van der Waals surface area contributed by atoms with Gasteiger partial charge in [-0.15, -0.1) is 0 Å². The number of aromatic nitrogens is 1. The number of rotatable bonds is 5. The van der Waals surface area contributed by atoms with Crippen LogP contribution in [-0.4, -0.2) is 30.1 Å². The van der Waals surface area contributed by atoms with Gasteiger partial charge in [0.2, 0.25) is 11.8 Å². The van der Waals surface area contributed by atoms with E-state index in [1.54, 1.807) is 0 Å². The summed E-state index contributed by atoms with van der Waals surface area (Å²) >= 11 is 0. The van der Waals surface area contributed by atoms with E-state index in [2.05, 4.69) is 16.9 Å². The quantitative estimate of drug-likeness (QED) is 0.761. The molecule has 4 rings (SSSR count). The van der Waals surface area contributed by atoms with Crippen LogP contribution in [0.4, 0.5) is 24.5 Å². The zero-order chi connectivity index (χ0) is 20.6. The van der Waals surface area contributed by atoms with E-state index in [0.29, 0.717) is 29.7 Å². The molecule has 0 radical (unpaired) electrons. The molecule has 1 aromatic heterocycles. The van der Waals surface area contributed by atoms with Gasteiger partial charge >= 0.3 is 6.18 Å². The topological polar surface area (TPSA) is 54.5 Å². The third-order valence-electron chi connectivity index (χ3n) is 5.01. The highest BCUT2D eigenvalue weighted by Gasteiger charge is 2.33. The van der Waals surface area contributed by atoms with Crippen molar-refractivity contribution in [2.75, 3.05) is 18.0 Å². The lowest BCUT2D eigenvalue weighted by Crippen LogP contribution is -2.44. The van der Waals surface area contributed by atoms with Crippen molar-refractivity contribution in [2.24, 2.45) is 0 Å². The zero-order valence-corrected chi connectivity index (χ0v) is 15.6. The molecule has 1 aliphatic carbocycles. The molecule has 1 N–H and O–H groups in total. The van der Waals surface area contributed by atoms with Crippen LogP contribution in [-0.2, 0) is 11.0 Å². The maximum absolute atomic E-state index is 12.9. The Morgan fingerprint density at radius 3 is 2.59 bits per heavy atom. The summed E-state index contributed by atoms with van der Waals surface area (Å²) in [5.41, 5.74) is 1.54. The van der Waals surface area contributed by atoms with Crippen LogP contribution in [0.3, 0.4) is 0 Å². The van der Waals surface area contributed by atoms with Gasteiger partial charge in [-0.1, -0.05) is 6.58 Å². The molecule has 5 nitrogen and oxygen atoms in total. The van der Waals surface area contributed by atoms with Crippen molar-refractivity contribution in [3.63, 3.8) is 0 Å². The lowest BCUT2D eigenvalue weighted by molar-refractivity contribution is -0.137. The first-order valence-electron chi connectivity index (χ1n) is 9.38. The summed E-state index contributed by atoms with van der Waals surface area (Å²) in [5, 5.41) is 2.70. The van der Waals surface area contributed by atoms with E-state index in [-0.39, 0.29) is 12.5 Å². The smallest absolute Gasteiger partial charge is 0.416 e. The van der Waals surface area contributed by atoms with E-state index in [0.717, 1.165) is 30.7 Å². The Bertz CT molecular complexity index is 924. The second kappa shape index (κ2) is 7.42. The predicted octanol–water partition coefficient (Wildman–Crippen LogP) is 4.18. The lowest BCUT2D eigenvalue weighted by Gasteiger charge is -2.36. The Balaban J connectivity index is 1.64. The fourth-order valence-electron chi connectivity index (χ4n) is 3.31. The second-order valence-electron chi connectivity index (χ2n) is 7.18. The number of pyridine rings is 1. The molecule has 0 bridgehead atoms. The Morgan fingerprint density at radius 1 is 1.24 bits per heavy atom. The number of nitrogens with one attached hydrogen (secondary N) is 1. The average Bonchev–Trinajstić information content (AvgIpc) is 3.55. The highest BCUT2D eigenvalue weighted by Crippen LogP contribution is 2.43. The van der Waals surface area contributed by atoms with E-state index in [9.17, 15) is 18.0 Å². The molecule has 8 heteroatoms. The summed E-state index contributed by atoms with van der Waals surface area (Å²) in [5.74, 6) is 0.544. The van der Waals surface area contributed by atoms with Crippen LogP contribution in [0.5, 0.6) is 5.88 Å². The van der Waals surface area contributed by atoms with Gasteiger partial charge in [0, 0.05) is 17.3 Å². The van der Waals surface area contributed by atoms with Crippen LogP contribution in [0.1, 0.15) is 30.0 Å². The highest BCUT2D eigenvalue weighted by molar-refractivity contribution is 5.86. The monoisotopic (exact) mass is 403 g/mol. The number of amides is 1. The fourth-order valence-corrected chi connectivity index (χ4v) is 3.31. The molecular formula is C21H20F3N3O2. The van der Waals surface area contributed by atoms with Gasteiger partial charge in [0.05, 0.1) is 18.7 Å². The largest absolute Gasteiger partial charge is 0.469 e. The maximum atomic E-state index is 12.9. The standard InChI is InChI=1S/C21H20F3N3O2/c1-2-19(28)25-11-16-12-27(15-7-5-14(6-8-15)21(22,23)24)18-10-9-17(13-3-4-13)26-20(18)29-16/h2,5-10,13,16H,1,3-4,11-12H2,(H,25,28). The van der Waals surface area contributed by atoms with Gasteiger partial charge < -0.3 is 15.0 Å². The van der Waals surface area contributed by atoms with Gasteiger partial charge in [-0.3, -0.25) is 4.79 Å². The number of hydrogen-bond acceptors (Lipinski definition) is 4. The van der Waals surface area contributed by atoms with Crippen LogP contribution in [0, 0.1) is 0 Å². The number of hydrogen-bond donors (Lipinski definition) is 1. The summed E-state index contributed by atoms with van der Waals surface area (Å²) in [6.45, 7) is 4.02. The lowest BCUT2D eigenvalue weighted by atomic mass is 10.1. The molecule has 1 amide bonds. The van der Waals surface area contributed by atoms with Crippen LogP contribution < -0.4 is 15.0 Å². The molecule has 1 saturated carbocycles. The van der Waals surface area contributed by atoms with Crippen molar-refractivity contribution in [1.29, 1.82) is 0 Å². The molecule has 0 spiro atoms. The van der Waals surface area contributed by atoms with E-state index >= 15 is 0 Å². The summed E-state index contributed by atoms with van der Waals surface area (Å²) < 4.78 is 44.7. The molecule has 0 saturated heterocycles. The molecule has 29 heavy (non-hydrogen) atoms. The Labute approximate surface area is 166 Å². The van der Waals surface area contributed by atoms with Crippen molar-refractivity contribution in [1.82, 2.24) is 10.3 Å². The summed E-state index contributed by atoms with van der Waals surface area (Å²) in [7, 11) is 0. The first-order valence-corrected chi connectivity index (χ1v) is 9.38. The summed E-state index contributed by atoms with van der Waals surface area (Å²) in [6.07, 6.45) is -1.44. The van der Waals surface area contributed by atoms with Gasteiger partial charge in [-0.25, -0.2) is 4.98 Å². The number of ether oxygens (including phenoxy) is 1. The van der Waals surface area contributed by atoms with Gasteiger partial charge in [0.1, 0.15) is 11.8 Å². The summed E-state index contributed by atoms with van der Waals surface area (Å²) in [6, 6.07) is 8.83. The van der Waals surface area contributed by atoms with Crippen molar-refractivity contribution in [2.45, 2.75) is 31.0 Å². The summed E-state index contributed by atoms with van der Waals surface area (Å²) in [4.78, 5) is 18.0. The van der Waals surface area contributed by atoms with Crippen molar-refractivity contribution < 1.29 is 22.7 Å². The van der Waals surface area contributed by atoms with Gasteiger partial charge in [-0.2, -0.15) is 13.2 Å². The molecule has 152 valence electrons. The molecule has 2 aromatic rings. The first-order chi connectivity index (χ1) is 13.8. The number of halogens is 3. The Hall–Kier alpha value is -3.03. The number of alkyl halides is 3. The molecular weight excluding hydrogens is 383 g/mol. The zero-order valence-electron chi connectivity index (χ0n) is 15.6. The second-order valence-corrected chi connectivity index (χ2v) is 7.18. The predicted molar refractivity (Wildman–Crippen MR) is 102 cm³/mol. The highest BCUT2D eigenvalue weighted by atomic mass is 19.4. The van der Waals surface area contributed by atoms with Gasteiger partial charge in [0.25, 0.3) is 0 Å². The Morgan fingerprint density at radius 2 is 1.97 bits per heavy atom. The molecule has 1 unspecified atom stereocenters. The molecule has 1 fully saturated rings. The molecule has 1 aliphatic heterocycles. The average molecular weight is 403 g/mol. The fraction of sp³-hybridized carbons (Fsp3) is 0.333. The van der Waals surface area contributed by atoms with Gasteiger partial charge in [-0.05, 0) is 55.3 Å². The minimum Gasteiger partial charge on any atom is -0.469 e. The molecule has 1 atom stereocenters. The number of anilines is 2. The van der Waals surface area contributed by atoms with Crippen LogP contribution >= 0.6 is 0 Å². The van der Waals surface area contributed by atoms with E-state index in [1.165, 1.54) is 18.2 Å². The van der Waals surface area contributed by atoms with E-state index in [1.807, 2.05) is 17.0 Å². The van der Waals surface area contributed by atoms with Crippen LogP contribution in [0.15, 0.2) is 49.1 Å². The maximum Gasteiger partial charge on any atom is 0.416 e. The van der Waals surface area contributed by atoms with E-state index < -0.39 is 17.8 Å². The molecule has 2 aliphatic rings. The van der Waals surface area contributed by atoms with Crippen molar-refractivity contribution in [3.8, 4) is 5.88 Å². The number of nitrogens with zero attached hydrogens (tertiary/aromatic N) is 2. The van der Waals surface area contributed by atoms with E-state index in [4.69, 9.17) is 4.74 Å². The minimum absolute atomic E-state index is 0.233. The number of benzene rings is 1. The Kier molecular flexibility index (Phi) is 4.94. The number of carbonyl (C=O) groups excluding carboxylic acids is 1. The normalized spacial score (nSPS) is 18.6. The van der Waals surface area contributed by atoms with Crippen molar-refractivity contribution >= 4 is 17.3 Å². The van der Waals surface area contributed by atoms with Gasteiger partial charge in [0.15, 0.2) is 0 Å². The van der Waals surface area contributed by atoms with Crippen LogP contribution in [0.25, 0.3) is 0 Å². The minimum atomic E-state index is -4.39. The number of fused-ring (bicyclic) bond motifs is 1.